The van der Waals surface area contributed by atoms with Crippen molar-refractivity contribution in [1.82, 2.24) is 14.9 Å². The number of amides is 1. The molecule has 1 saturated heterocycles. The molecule has 6 heteroatoms. The molecule has 128 valence electrons. The molecule has 0 radical (unpaired) electrons. The summed E-state index contributed by atoms with van der Waals surface area (Å²) in [7, 11) is 0. The van der Waals surface area contributed by atoms with Gasteiger partial charge in [0.15, 0.2) is 0 Å². The summed E-state index contributed by atoms with van der Waals surface area (Å²) < 4.78 is 5.33. The van der Waals surface area contributed by atoms with E-state index in [1.165, 1.54) is 0 Å². The van der Waals surface area contributed by atoms with Gasteiger partial charge in [-0.05, 0) is 12.0 Å². The topological polar surface area (TPSA) is 67.4 Å². The Morgan fingerprint density at radius 2 is 1.96 bits per heavy atom. The lowest BCUT2D eigenvalue weighted by atomic mass is 9.96. The summed E-state index contributed by atoms with van der Waals surface area (Å²) in [5.41, 5.74) is -0.126. The Balaban J connectivity index is 2.14. The molecule has 1 unspecified atom stereocenters. The maximum Gasteiger partial charge on any atom is 0.245 e. The molecule has 1 aliphatic rings. The van der Waals surface area contributed by atoms with Crippen molar-refractivity contribution in [3.05, 3.63) is 18.1 Å². The molecule has 0 saturated carbocycles. The predicted octanol–water partition coefficient (Wildman–Crippen LogP) is 2.07. The van der Waals surface area contributed by atoms with E-state index in [1.54, 1.807) is 6.20 Å². The molecule has 1 N–H and O–H groups in total. The second kappa shape index (κ2) is 7.25. The summed E-state index contributed by atoms with van der Waals surface area (Å²) in [5.74, 6) is 1.74. The van der Waals surface area contributed by atoms with Gasteiger partial charge in [0.05, 0.1) is 13.2 Å². The Bertz CT molecular complexity index is 534. The van der Waals surface area contributed by atoms with Crippen LogP contribution in [0.1, 0.15) is 40.4 Å². The van der Waals surface area contributed by atoms with Crippen LogP contribution in [0, 0.1) is 5.92 Å². The van der Waals surface area contributed by atoms with Crippen LogP contribution in [-0.4, -0.2) is 53.1 Å². The van der Waals surface area contributed by atoms with Gasteiger partial charge in [0.1, 0.15) is 17.7 Å². The average molecular weight is 320 g/mol. The lowest BCUT2D eigenvalue weighted by Gasteiger charge is -2.32. The van der Waals surface area contributed by atoms with Crippen LogP contribution in [0.3, 0.4) is 0 Å². The molecular formula is C17H28N4O2. The van der Waals surface area contributed by atoms with E-state index in [4.69, 9.17) is 4.74 Å². The van der Waals surface area contributed by atoms with E-state index in [-0.39, 0.29) is 23.3 Å². The van der Waals surface area contributed by atoms with Crippen molar-refractivity contribution >= 4 is 11.7 Å². The highest BCUT2D eigenvalue weighted by molar-refractivity contribution is 5.84. The number of hydrogen-bond donors (Lipinski definition) is 1. The lowest BCUT2D eigenvalue weighted by molar-refractivity contribution is -0.137. The fourth-order valence-corrected chi connectivity index (χ4v) is 2.45. The lowest BCUT2D eigenvalue weighted by Crippen LogP contribution is -2.50. The highest BCUT2D eigenvalue weighted by Gasteiger charge is 2.29. The molecule has 0 bridgehead atoms. The standard InChI is InChI=1S/C17H28N4O2/c1-12(2)14(15(22)21-8-10-23-11-9-21)19-13-6-7-18-16(20-13)17(3,4)5/h6-7,12,14H,8-11H2,1-5H3,(H,18,19,20). The number of hydrogen-bond acceptors (Lipinski definition) is 5. The summed E-state index contributed by atoms with van der Waals surface area (Å²) in [6.07, 6.45) is 1.74. The van der Waals surface area contributed by atoms with Gasteiger partial charge in [-0.15, -0.1) is 0 Å². The zero-order valence-electron chi connectivity index (χ0n) is 14.8. The zero-order chi connectivity index (χ0) is 17.0. The van der Waals surface area contributed by atoms with Gasteiger partial charge < -0.3 is 15.0 Å². The molecule has 0 spiro atoms. The second-order valence-electron chi connectivity index (χ2n) is 7.32. The van der Waals surface area contributed by atoms with E-state index in [0.717, 1.165) is 5.82 Å². The Morgan fingerprint density at radius 3 is 2.52 bits per heavy atom. The summed E-state index contributed by atoms with van der Waals surface area (Å²) >= 11 is 0. The Labute approximate surface area is 138 Å². The fraction of sp³-hybridized carbons (Fsp3) is 0.706. The first-order chi connectivity index (χ1) is 10.8. The minimum Gasteiger partial charge on any atom is -0.378 e. The van der Waals surface area contributed by atoms with Crippen molar-refractivity contribution in [3.8, 4) is 0 Å². The van der Waals surface area contributed by atoms with Gasteiger partial charge in [0.25, 0.3) is 0 Å². The largest absolute Gasteiger partial charge is 0.378 e. The van der Waals surface area contributed by atoms with E-state index in [1.807, 2.05) is 24.8 Å². The van der Waals surface area contributed by atoms with Crippen molar-refractivity contribution in [2.75, 3.05) is 31.6 Å². The molecule has 2 heterocycles. The van der Waals surface area contributed by atoms with E-state index < -0.39 is 0 Å². The summed E-state index contributed by atoms with van der Waals surface area (Å²) in [6.45, 7) is 12.8. The van der Waals surface area contributed by atoms with Gasteiger partial charge in [0, 0.05) is 24.7 Å². The number of carbonyl (C=O) groups is 1. The average Bonchev–Trinajstić information content (AvgIpc) is 2.52. The van der Waals surface area contributed by atoms with Gasteiger partial charge in [-0.2, -0.15) is 0 Å². The summed E-state index contributed by atoms with van der Waals surface area (Å²) in [5, 5.41) is 3.30. The molecule has 6 nitrogen and oxygen atoms in total. The van der Waals surface area contributed by atoms with Gasteiger partial charge in [-0.3, -0.25) is 4.79 Å². The van der Waals surface area contributed by atoms with Gasteiger partial charge in [-0.25, -0.2) is 9.97 Å². The van der Waals surface area contributed by atoms with Gasteiger partial charge >= 0.3 is 0 Å². The maximum absolute atomic E-state index is 12.8. The summed E-state index contributed by atoms with van der Waals surface area (Å²) in [4.78, 5) is 23.6. The molecule has 23 heavy (non-hydrogen) atoms. The predicted molar refractivity (Wildman–Crippen MR) is 90.4 cm³/mol. The smallest absolute Gasteiger partial charge is 0.245 e. The first-order valence-electron chi connectivity index (χ1n) is 8.25. The Morgan fingerprint density at radius 1 is 1.30 bits per heavy atom. The monoisotopic (exact) mass is 320 g/mol. The van der Waals surface area contributed by atoms with Gasteiger partial charge in [0.2, 0.25) is 5.91 Å². The van der Waals surface area contributed by atoms with Crippen molar-refractivity contribution < 1.29 is 9.53 Å². The van der Waals surface area contributed by atoms with E-state index in [9.17, 15) is 4.79 Å². The number of ether oxygens (including phenoxy) is 1. The maximum atomic E-state index is 12.8. The molecule has 1 amide bonds. The van der Waals surface area contributed by atoms with Crippen molar-refractivity contribution in [3.63, 3.8) is 0 Å². The van der Waals surface area contributed by atoms with Crippen LogP contribution in [0.5, 0.6) is 0 Å². The SMILES string of the molecule is CC(C)C(Nc1ccnc(C(C)(C)C)n1)C(=O)N1CCOCC1. The highest BCUT2D eigenvalue weighted by Crippen LogP contribution is 2.20. The van der Waals surface area contributed by atoms with Crippen LogP contribution < -0.4 is 5.32 Å². The van der Waals surface area contributed by atoms with Gasteiger partial charge in [-0.1, -0.05) is 34.6 Å². The van der Waals surface area contributed by atoms with Crippen LogP contribution in [0.2, 0.25) is 0 Å². The molecule has 0 aromatic carbocycles. The van der Waals surface area contributed by atoms with Crippen LogP contribution in [0.15, 0.2) is 12.3 Å². The third-order valence-corrected chi connectivity index (χ3v) is 3.89. The van der Waals surface area contributed by atoms with E-state index >= 15 is 0 Å². The number of aromatic nitrogens is 2. The van der Waals surface area contributed by atoms with Crippen LogP contribution in [0.25, 0.3) is 0 Å². The molecular weight excluding hydrogens is 292 g/mol. The number of carbonyl (C=O) groups excluding carboxylic acids is 1. The van der Waals surface area contributed by atoms with Crippen molar-refractivity contribution in [2.45, 2.75) is 46.1 Å². The normalized spacial score (nSPS) is 17.2. The van der Waals surface area contributed by atoms with Crippen molar-refractivity contribution in [1.29, 1.82) is 0 Å². The summed E-state index contributed by atoms with van der Waals surface area (Å²) in [6, 6.07) is 1.52. The molecule has 2 rings (SSSR count). The number of anilines is 1. The first-order valence-corrected chi connectivity index (χ1v) is 8.25. The third-order valence-electron chi connectivity index (χ3n) is 3.89. The number of morpholine rings is 1. The van der Waals surface area contributed by atoms with Crippen molar-refractivity contribution in [2.24, 2.45) is 5.92 Å². The molecule has 0 aliphatic carbocycles. The Hall–Kier alpha value is -1.69. The second-order valence-corrected chi connectivity index (χ2v) is 7.32. The molecule has 1 fully saturated rings. The number of nitrogens with zero attached hydrogens (tertiary/aromatic N) is 3. The molecule has 1 aromatic rings. The van der Waals surface area contributed by atoms with Crippen LogP contribution >= 0.6 is 0 Å². The number of nitrogens with one attached hydrogen (secondary N) is 1. The highest BCUT2D eigenvalue weighted by atomic mass is 16.5. The van der Waals surface area contributed by atoms with E-state index in [2.05, 4.69) is 36.1 Å². The Kier molecular flexibility index (Phi) is 5.57. The molecule has 1 aliphatic heterocycles. The van der Waals surface area contributed by atoms with Crippen LogP contribution in [0.4, 0.5) is 5.82 Å². The minimum absolute atomic E-state index is 0.110. The van der Waals surface area contributed by atoms with Crippen LogP contribution in [-0.2, 0) is 14.9 Å². The van der Waals surface area contributed by atoms with E-state index in [0.29, 0.717) is 32.1 Å². The quantitative estimate of drug-likeness (QED) is 0.920. The fourth-order valence-electron chi connectivity index (χ4n) is 2.45. The minimum atomic E-state index is -0.296. The first kappa shape index (κ1) is 17.7. The number of rotatable bonds is 4. The third kappa shape index (κ3) is 4.64. The molecule has 1 atom stereocenters. The molecule has 1 aromatic heterocycles. The zero-order valence-corrected chi connectivity index (χ0v) is 14.8.